The normalized spacial score (nSPS) is 10.8. The van der Waals surface area contributed by atoms with Gasteiger partial charge in [0.25, 0.3) is 0 Å². The number of benzene rings is 2. The molecule has 3 nitrogen and oxygen atoms in total. The summed E-state index contributed by atoms with van der Waals surface area (Å²) < 4.78 is 5.82. The standard InChI is InChI=1S/C17H15ClN2O/c18-14-7-5-13(10-19)17(9-14)21-11-15-8-6-12-3-1-2-4-16(12)20-15/h1-9H,10-11,19H2. The summed E-state index contributed by atoms with van der Waals surface area (Å²) in [5.41, 5.74) is 8.47. The van der Waals surface area contributed by atoms with Crippen molar-refractivity contribution in [3.63, 3.8) is 0 Å². The Morgan fingerprint density at radius 1 is 1.05 bits per heavy atom. The van der Waals surface area contributed by atoms with Crippen LogP contribution in [0, 0.1) is 0 Å². The van der Waals surface area contributed by atoms with Crippen molar-refractivity contribution in [1.82, 2.24) is 4.98 Å². The van der Waals surface area contributed by atoms with Gasteiger partial charge in [0.15, 0.2) is 0 Å². The summed E-state index contributed by atoms with van der Waals surface area (Å²) in [7, 11) is 0. The van der Waals surface area contributed by atoms with Gasteiger partial charge in [0.05, 0.1) is 11.2 Å². The molecule has 3 aromatic rings. The minimum atomic E-state index is 0.387. The fourth-order valence-electron chi connectivity index (χ4n) is 2.17. The number of hydrogen-bond donors (Lipinski definition) is 1. The van der Waals surface area contributed by atoms with Crippen LogP contribution in [0.4, 0.5) is 0 Å². The first-order chi connectivity index (χ1) is 10.3. The lowest BCUT2D eigenvalue weighted by atomic mass is 10.2. The molecule has 2 aromatic carbocycles. The van der Waals surface area contributed by atoms with Crippen LogP contribution in [0.5, 0.6) is 5.75 Å². The molecule has 0 radical (unpaired) electrons. The Balaban J connectivity index is 1.81. The summed E-state index contributed by atoms with van der Waals surface area (Å²) in [6.07, 6.45) is 0. The molecular weight excluding hydrogens is 284 g/mol. The molecule has 0 atom stereocenters. The van der Waals surface area contributed by atoms with Crippen LogP contribution in [-0.2, 0) is 13.2 Å². The highest BCUT2D eigenvalue weighted by atomic mass is 35.5. The molecule has 0 fully saturated rings. The number of halogens is 1. The van der Waals surface area contributed by atoms with Gasteiger partial charge in [-0.1, -0.05) is 41.9 Å². The zero-order valence-corrected chi connectivity index (χ0v) is 12.2. The van der Waals surface area contributed by atoms with E-state index in [2.05, 4.69) is 4.98 Å². The highest BCUT2D eigenvalue weighted by Gasteiger charge is 2.05. The van der Waals surface area contributed by atoms with E-state index in [9.17, 15) is 0 Å². The van der Waals surface area contributed by atoms with Crippen LogP contribution >= 0.6 is 11.6 Å². The summed E-state index contributed by atoms with van der Waals surface area (Å²) in [5.74, 6) is 0.708. The van der Waals surface area contributed by atoms with Gasteiger partial charge in [-0.3, -0.25) is 0 Å². The van der Waals surface area contributed by atoms with Crippen LogP contribution in [-0.4, -0.2) is 4.98 Å². The van der Waals surface area contributed by atoms with E-state index in [4.69, 9.17) is 22.1 Å². The van der Waals surface area contributed by atoms with Crippen molar-refractivity contribution < 1.29 is 4.74 Å². The molecule has 0 amide bonds. The molecule has 0 unspecified atom stereocenters. The summed E-state index contributed by atoms with van der Waals surface area (Å²) in [4.78, 5) is 4.58. The largest absolute Gasteiger partial charge is 0.487 e. The maximum Gasteiger partial charge on any atom is 0.130 e. The lowest BCUT2D eigenvalue weighted by Gasteiger charge is -2.11. The van der Waals surface area contributed by atoms with Gasteiger partial charge in [-0.2, -0.15) is 0 Å². The molecule has 1 heterocycles. The topological polar surface area (TPSA) is 48.1 Å². The van der Waals surface area contributed by atoms with Crippen LogP contribution in [0.15, 0.2) is 54.6 Å². The molecule has 0 bridgehead atoms. The lowest BCUT2D eigenvalue weighted by molar-refractivity contribution is 0.298. The third-order valence-electron chi connectivity index (χ3n) is 3.28. The van der Waals surface area contributed by atoms with Gasteiger partial charge < -0.3 is 10.5 Å². The molecule has 0 saturated heterocycles. The summed E-state index contributed by atoms with van der Waals surface area (Å²) >= 11 is 6.00. The van der Waals surface area contributed by atoms with Crippen molar-refractivity contribution >= 4 is 22.5 Å². The molecule has 0 aliphatic heterocycles. The molecule has 21 heavy (non-hydrogen) atoms. The van der Waals surface area contributed by atoms with Crippen molar-refractivity contribution in [3.8, 4) is 5.75 Å². The van der Waals surface area contributed by atoms with Gasteiger partial charge in [0.1, 0.15) is 12.4 Å². The highest BCUT2D eigenvalue weighted by Crippen LogP contribution is 2.24. The molecule has 106 valence electrons. The number of nitrogens with two attached hydrogens (primary N) is 1. The summed E-state index contributed by atoms with van der Waals surface area (Å²) in [6, 6.07) is 17.5. The molecule has 4 heteroatoms. The molecular formula is C17H15ClN2O. The Labute approximate surface area is 128 Å². The van der Waals surface area contributed by atoms with Crippen LogP contribution < -0.4 is 10.5 Å². The number of nitrogens with zero attached hydrogens (tertiary/aromatic N) is 1. The number of hydrogen-bond acceptors (Lipinski definition) is 3. The fourth-order valence-corrected chi connectivity index (χ4v) is 2.33. The lowest BCUT2D eigenvalue weighted by Crippen LogP contribution is -2.03. The number of para-hydroxylation sites is 1. The second-order valence-corrected chi connectivity index (χ2v) is 5.18. The maximum atomic E-state index is 6.00. The summed E-state index contributed by atoms with van der Waals surface area (Å²) in [6.45, 7) is 0.801. The quantitative estimate of drug-likeness (QED) is 0.794. The fraction of sp³-hybridized carbons (Fsp3) is 0.118. The second-order valence-electron chi connectivity index (χ2n) is 4.74. The maximum absolute atomic E-state index is 6.00. The van der Waals surface area contributed by atoms with Gasteiger partial charge in [0.2, 0.25) is 0 Å². The monoisotopic (exact) mass is 298 g/mol. The first-order valence-corrected chi connectivity index (χ1v) is 7.10. The SMILES string of the molecule is NCc1ccc(Cl)cc1OCc1ccc2ccccc2n1. The van der Waals surface area contributed by atoms with Crippen molar-refractivity contribution in [2.24, 2.45) is 5.73 Å². The van der Waals surface area contributed by atoms with Crippen molar-refractivity contribution in [2.45, 2.75) is 13.2 Å². The third kappa shape index (κ3) is 3.15. The van der Waals surface area contributed by atoms with E-state index in [-0.39, 0.29) is 0 Å². The smallest absolute Gasteiger partial charge is 0.130 e. The summed E-state index contributed by atoms with van der Waals surface area (Å²) in [5, 5.41) is 1.75. The molecule has 0 spiro atoms. The molecule has 0 aliphatic rings. The Hall–Kier alpha value is -2.10. The average molecular weight is 299 g/mol. The molecule has 3 rings (SSSR count). The number of fused-ring (bicyclic) bond motifs is 1. The highest BCUT2D eigenvalue weighted by molar-refractivity contribution is 6.30. The predicted octanol–water partition coefficient (Wildman–Crippen LogP) is 3.93. The van der Waals surface area contributed by atoms with E-state index in [1.165, 1.54) is 0 Å². The van der Waals surface area contributed by atoms with Crippen LogP contribution in [0.2, 0.25) is 5.02 Å². The van der Waals surface area contributed by atoms with E-state index >= 15 is 0 Å². The molecule has 2 N–H and O–H groups in total. The van der Waals surface area contributed by atoms with Gasteiger partial charge in [-0.05, 0) is 24.3 Å². The van der Waals surface area contributed by atoms with E-state index in [0.29, 0.717) is 23.9 Å². The average Bonchev–Trinajstić information content (AvgIpc) is 2.53. The molecule has 1 aromatic heterocycles. The Kier molecular flexibility index (Phi) is 4.04. The number of ether oxygens (including phenoxy) is 1. The van der Waals surface area contributed by atoms with E-state index < -0.39 is 0 Å². The first kappa shape index (κ1) is 13.9. The number of pyridine rings is 1. The van der Waals surface area contributed by atoms with Gasteiger partial charge in [-0.25, -0.2) is 4.98 Å². The Morgan fingerprint density at radius 2 is 1.90 bits per heavy atom. The number of rotatable bonds is 4. The van der Waals surface area contributed by atoms with Gasteiger partial charge in [0, 0.05) is 22.5 Å². The van der Waals surface area contributed by atoms with Crippen LogP contribution in [0.25, 0.3) is 10.9 Å². The van der Waals surface area contributed by atoms with Crippen molar-refractivity contribution in [1.29, 1.82) is 0 Å². The molecule has 0 saturated carbocycles. The molecule has 0 aliphatic carbocycles. The second kappa shape index (κ2) is 6.12. The first-order valence-electron chi connectivity index (χ1n) is 6.72. The Morgan fingerprint density at radius 3 is 2.76 bits per heavy atom. The predicted molar refractivity (Wildman–Crippen MR) is 85.4 cm³/mol. The zero-order chi connectivity index (χ0) is 14.7. The van der Waals surface area contributed by atoms with Crippen LogP contribution in [0.1, 0.15) is 11.3 Å². The van der Waals surface area contributed by atoms with Crippen molar-refractivity contribution in [3.05, 3.63) is 70.9 Å². The van der Waals surface area contributed by atoms with Gasteiger partial charge in [-0.15, -0.1) is 0 Å². The van der Waals surface area contributed by atoms with E-state index in [0.717, 1.165) is 22.2 Å². The van der Waals surface area contributed by atoms with E-state index in [1.54, 1.807) is 6.07 Å². The minimum Gasteiger partial charge on any atom is -0.487 e. The van der Waals surface area contributed by atoms with Crippen molar-refractivity contribution in [2.75, 3.05) is 0 Å². The van der Waals surface area contributed by atoms with Crippen LogP contribution in [0.3, 0.4) is 0 Å². The minimum absolute atomic E-state index is 0.387. The Bertz CT molecular complexity index is 774. The zero-order valence-electron chi connectivity index (χ0n) is 11.4. The van der Waals surface area contributed by atoms with E-state index in [1.807, 2.05) is 48.5 Å². The third-order valence-corrected chi connectivity index (χ3v) is 3.52. The number of aromatic nitrogens is 1. The van der Waals surface area contributed by atoms with Gasteiger partial charge >= 0.3 is 0 Å².